The van der Waals surface area contributed by atoms with Crippen LogP contribution in [-0.4, -0.2) is 23.2 Å². The molecule has 114 valence electrons. The van der Waals surface area contributed by atoms with Crippen molar-refractivity contribution in [1.82, 2.24) is 5.32 Å². The number of benzene rings is 1. The normalized spacial score (nSPS) is 29.0. The van der Waals surface area contributed by atoms with Gasteiger partial charge in [0.1, 0.15) is 0 Å². The van der Waals surface area contributed by atoms with Crippen LogP contribution >= 0.6 is 0 Å². The Labute approximate surface area is 126 Å². The second-order valence-corrected chi connectivity index (χ2v) is 6.83. The Morgan fingerprint density at radius 1 is 1.43 bits per heavy atom. The van der Waals surface area contributed by atoms with Crippen LogP contribution in [0.1, 0.15) is 50.2 Å². The molecule has 2 N–H and O–H groups in total. The van der Waals surface area contributed by atoms with Crippen molar-refractivity contribution in [3.8, 4) is 0 Å². The summed E-state index contributed by atoms with van der Waals surface area (Å²) in [6, 6.07) is 8.55. The van der Waals surface area contributed by atoms with Crippen molar-refractivity contribution in [2.75, 3.05) is 6.61 Å². The van der Waals surface area contributed by atoms with Crippen LogP contribution in [0.25, 0.3) is 0 Å². The minimum Gasteiger partial charge on any atom is -0.396 e. The highest BCUT2D eigenvalue weighted by atomic mass is 16.3. The molecule has 4 atom stereocenters. The number of carbonyl (C=O) groups is 1. The predicted molar refractivity (Wildman–Crippen MR) is 83.0 cm³/mol. The van der Waals surface area contributed by atoms with Gasteiger partial charge in [0.05, 0.1) is 0 Å². The van der Waals surface area contributed by atoms with Crippen LogP contribution < -0.4 is 5.32 Å². The summed E-state index contributed by atoms with van der Waals surface area (Å²) in [6.07, 6.45) is 3.69. The number of amides is 1. The second kappa shape index (κ2) is 5.45. The fraction of sp³-hybridized carbons (Fsp3) is 0.611. The summed E-state index contributed by atoms with van der Waals surface area (Å²) < 4.78 is 0. The molecule has 0 heterocycles. The Kier molecular flexibility index (Phi) is 3.78. The highest BCUT2D eigenvalue weighted by Crippen LogP contribution is 2.59. The average Bonchev–Trinajstić information content (AvgIpc) is 3.22. The van der Waals surface area contributed by atoms with E-state index in [1.54, 1.807) is 0 Å². The van der Waals surface area contributed by atoms with Crippen LogP contribution in [0.15, 0.2) is 24.3 Å². The summed E-state index contributed by atoms with van der Waals surface area (Å²) in [5.74, 6) is 1.26. The molecule has 2 aliphatic carbocycles. The molecule has 3 nitrogen and oxygen atoms in total. The standard InChI is InChI=1S/C18H25NO2/c1-3-18(2,10-11-20)19-17(21)16-14-9-8-12-6-4-5-7-13(12)15(14)16/h4-7,14-16,20H,3,8-11H2,1-2H3,(H,19,21). The first-order chi connectivity index (χ1) is 10.1. The van der Waals surface area contributed by atoms with Gasteiger partial charge in [0.2, 0.25) is 5.91 Å². The van der Waals surface area contributed by atoms with E-state index in [1.807, 2.05) is 6.92 Å². The molecule has 0 aliphatic heterocycles. The topological polar surface area (TPSA) is 49.3 Å². The van der Waals surface area contributed by atoms with Crippen molar-refractivity contribution in [1.29, 1.82) is 0 Å². The molecule has 21 heavy (non-hydrogen) atoms. The molecule has 2 aliphatic rings. The second-order valence-electron chi connectivity index (χ2n) is 6.83. The van der Waals surface area contributed by atoms with E-state index in [0.29, 0.717) is 18.3 Å². The summed E-state index contributed by atoms with van der Waals surface area (Å²) in [5, 5.41) is 12.4. The van der Waals surface area contributed by atoms with Gasteiger partial charge in [-0.1, -0.05) is 31.2 Å². The van der Waals surface area contributed by atoms with Crippen LogP contribution in [0.4, 0.5) is 0 Å². The number of hydrogen-bond donors (Lipinski definition) is 2. The van der Waals surface area contributed by atoms with E-state index in [2.05, 4.69) is 36.5 Å². The zero-order valence-electron chi connectivity index (χ0n) is 12.9. The molecule has 3 heteroatoms. The largest absolute Gasteiger partial charge is 0.396 e. The van der Waals surface area contributed by atoms with Gasteiger partial charge in [0.25, 0.3) is 0 Å². The lowest BCUT2D eigenvalue weighted by molar-refractivity contribution is -0.124. The number of carbonyl (C=O) groups excluding carboxylic acids is 1. The monoisotopic (exact) mass is 287 g/mol. The Morgan fingerprint density at radius 2 is 2.19 bits per heavy atom. The molecule has 1 aromatic rings. The first-order valence-electron chi connectivity index (χ1n) is 8.10. The fourth-order valence-corrected chi connectivity index (χ4v) is 3.88. The number of hydrogen-bond acceptors (Lipinski definition) is 2. The zero-order chi connectivity index (χ0) is 15.0. The number of fused-ring (bicyclic) bond motifs is 3. The van der Waals surface area contributed by atoms with Crippen molar-refractivity contribution < 1.29 is 9.90 Å². The van der Waals surface area contributed by atoms with E-state index in [4.69, 9.17) is 0 Å². The van der Waals surface area contributed by atoms with Crippen molar-refractivity contribution in [2.24, 2.45) is 11.8 Å². The molecule has 0 spiro atoms. The van der Waals surface area contributed by atoms with Crippen molar-refractivity contribution in [2.45, 2.75) is 51.0 Å². The van der Waals surface area contributed by atoms with E-state index >= 15 is 0 Å². The lowest BCUT2D eigenvalue weighted by atomic mass is 9.92. The predicted octanol–water partition coefficient (Wildman–Crippen LogP) is 2.63. The van der Waals surface area contributed by atoms with Crippen LogP contribution in [0, 0.1) is 11.8 Å². The third-order valence-corrected chi connectivity index (χ3v) is 5.50. The smallest absolute Gasteiger partial charge is 0.224 e. The Bertz CT molecular complexity index is 542. The quantitative estimate of drug-likeness (QED) is 0.874. The molecule has 0 aromatic heterocycles. The SMILES string of the molecule is CCC(C)(CCO)NC(=O)C1C2CCc3ccccc3C21. The van der Waals surface area contributed by atoms with E-state index in [-0.39, 0.29) is 24.0 Å². The van der Waals surface area contributed by atoms with Crippen LogP contribution in [0.2, 0.25) is 0 Å². The van der Waals surface area contributed by atoms with E-state index in [1.165, 1.54) is 11.1 Å². The third kappa shape index (κ3) is 2.59. The number of rotatable bonds is 5. The zero-order valence-corrected chi connectivity index (χ0v) is 12.9. The van der Waals surface area contributed by atoms with Gasteiger partial charge in [-0.25, -0.2) is 0 Å². The molecule has 1 saturated carbocycles. The maximum absolute atomic E-state index is 12.6. The Balaban J connectivity index is 1.72. The summed E-state index contributed by atoms with van der Waals surface area (Å²) in [7, 11) is 0. The first kappa shape index (κ1) is 14.6. The van der Waals surface area contributed by atoms with Gasteiger partial charge in [-0.05, 0) is 55.6 Å². The summed E-state index contributed by atoms with van der Waals surface area (Å²) in [6.45, 7) is 4.21. The lowest BCUT2D eigenvalue weighted by Gasteiger charge is -2.29. The summed E-state index contributed by atoms with van der Waals surface area (Å²) in [5.41, 5.74) is 2.52. The Morgan fingerprint density at radius 3 is 2.90 bits per heavy atom. The molecular weight excluding hydrogens is 262 g/mol. The van der Waals surface area contributed by atoms with Gasteiger partial charge < -0.3 is 10.4 Å². The van der Waals surface area contributed by atoms with Crippen molar-refractivity contribution in [3.05, 3.63) is 35.4 Å². The number of nitrogens with one attached hydrogen (secondary N) is 1. The van der Waals surface area contributed by atoms with E-state index < -0.39 is 0 Å². The molecule has 0 saturated heterocycles. The molecule has 3 rings (SSSR count). The minimum atomic E-state index is -0.281. The Hall–Kier alpha value is -1.35. The molecule has 1 amide bonds. The van der Waals surface area contributed by atoms with Gasteiger partial charge in [-0.15, -0.1) is 0 Å². The highest BCUT2D eigenvalue weighted by Gasteiger charge is 2.57. The number of aryl methyl sites for hydroxylation is 1. The van der Waals surface area contributed by atoms with Crippen molar-refractivity contribution >= 4 is 5.91 Å². The molecule has 1 fully saturated rings. The van der Waals surface area contributed by atoms with E-state index in [0.717, 1.165) is 19.3 Å². The molecule has 1 aromatic carbocycles. The summed E-state index contributed by atoms with van der Waals surface area (Å²) >= 11 is 0. The van der Waals surface area contributed by atoms with Gasteiger partial charge in [-0.2, -0.15) is 0 Å². The maximum atomic E-state index is 12.6. The molecule has 4 unspecified atom stereocenters. The molecular formula is C18H25NO2. The van der Waals surface area contributed by atoms with Crippen LogP contribution in [0.5, 0.6) is 0 Å². The van der Waals surface area contributed by atoms with Crippen LogP contribution in [-0.2, 0) is 11.2 Å². The summed E-state index contributed by atoms with van der Waals surface area (Å²) in [4.78, 5) is 12.6. The first-order valence-corrected chi connectivity index (χ1v) is 8.10. The molecule has 0 bridgehead atoms. The van der Waals surface area contributed by atoms with Crippen molar-refractivity contribution in [3.63, 3.8) is 0 Å². The van der Waals surface area contributed by atoms with Gasteiger partial charge in [0, 0.05) is 18.1 Å². The average molecular weight is 287 g/mol. The molecule has 0 radical (unpaired) electrons. The van der Waals surface area contributed by atoms with Gasteiger partial charge in [0.15, 0.2) is 0 Å². The number of aliphatic hydroxyl groups excluding tert-OH is 1. The maximum Gasteiger partial charge on any atom is 0.224 e. The fourth-order valence-electron chi connectivity index (χ4n) is 3.88. The minimum absolute atomic E-state index is 0.116. The van der Waals surface area contributed by atoms with E-state index in [9.17, 15) is 9.90 Å². The van der Waals surface area contributed by atoms with Crippen LogP contribution in [0.3, 0.4) is 0 Å². The lowest BCUT2D eigenvalue weighted by Crippen LogP contribution is -2.47. The van der Waals surface area contributed by atoms with Gasteiger partial charge >= 0.3 is 0 Å². The number of aliphatic hydroxyl groups is 1. The highest BCUT2D eigenvalue weighted by molar-refractivity contribution is 5.84. The van der Waals surface area contributed by atoms with Gasteiger partial charge in [-0.3, -0.25) is 4.79 Å². The third-order valence-electron chi connectivity index (χ3n) is 5.50.